The van der Waals surface area contributed by atoms with Crippen LogP contribution < -0.4 is 5.32 Å². The Morgan fingerprint density at radius 1 is 0.971 bits per heavy atom. The molecule has 5 rings (SSSR count). The van der Waals surface area contributed by atoms with Crippen molar-refractivity contribution in [1.29, 1.82) is 0 Å². The van der Waals surface area contributed by atoms with Crippen molar-refractivity contribution in [2.75, 3.05) is 0 Å². The normalized spacial score (nSPS) is 46.0. The van der Waals surface area contributed by atoms with Crippen LogP contribution in [0.1, 0.15) is 92.9 Å². The van der Waals surface area contributed by atoms with E-state index in [1.165, 1.54) is 25.0 Å². The first kappa shape index (κ1) is 24.1. The number of fused-ring (bicyclic) bond motifs is 5. The molecule has 186 valence electrons. The van der Waals surface area contributed by atoms with Gasteiger partial charge in [0.2, 0.25) is 0 Å². The molecule has 0 radical (unpaired) electrons. The minimum Gasteiger partial charge on any atom is -0.364 e. The highest BCUT2D eigenvalue weighted by molar-refractivity contribution is 5.87. The van der Waals surface area contributed by atoms with E-state index in [9.17, 15) is 9.59 Å². The van der Waals surface area contributed by atoms with Crippen LogP contribution in [0, 0.1) is 51.2 Å². The SMILES string of the molecule is CC1C(=O)CC[C@]2(C)[C@H]3CC[C@]4(C)[C@@H](C(=O)C(C)(C)C)CC[C@H]4[C@@H]3CC[C@@]12C1=CC=CC=CN1. The summed E-state index contributed by atoms with van der Waals surface area (Å²) in [4.78, 5) is 26.7. The number of hydrogen-bond acceptors (Lipinski definition) is 3. The minimum atomic E-state index is -0.259. The maximum Gasteiger partial charge on any atom is 0.141 e. The Balaban J connectivity index is 1.53. The average Bonchev–Trinajstić information content (AvgIpc) is 2.94. The molecule has 0 bridgehead atoms. The molecule has 1 heterocycles. The van der Waals surface area contributed by atoms with Gasteiger partial charge in [0.25, 0.3) is 0 Å². The third-order valence-corrected chi connectivity index (χ3v) is 11.6. The van der Waals surface area contributed by atoms with Crippen LogP contribution in [0.3, 0.4) is 0 Å². The molecule has 1 aliphatic heterocycles. The predicted molar refractivity (Wildman–Crippen MR) is 138 cm³/mol. The van der Waals surface area contributed by atoms with Gasteiger partial charge in [-0.15, -0.1) is 0 Å². The van der Waals surface area contributed by atoms with Gasteiger partial charge in [-0.2, -0.15) is 0 Å². The lowest BCUT2D eigenvalue weighted by atomic mass is 9.37. The zero-order valence-electron chi connectivity index (χ0n) is 22.2. The number of carbonyl (C=O) groups excluding carboxylic acids is 2. The average molecular weight is 464 g/mol. The van der Waals surface area contributed by atoms with E-state index in [0.717, 1.165) is 25.7 Å². The predicted octanol–water partition coefficient (Wildman–Crippen LogP) is 7.00. The van der Waals surface area contributed by atoms with Crippen molar-refractivity contribution >= 4 is 11.6 Å². The van der Waals surface area contributed by atoms with Gasteiger partial charge in [0.15, 0.2) is 0 Å². The lowest BCUT2D eigenvalue weighted by molar-refractivity contribution is -0.175. The van der Waals surface area contributed by atoms with E-state index in [4.69, 9.17) is 0 Å². The molecule has 1 N–H and O–H groups in total. The zero-order valence-corrected chi connectivity index (χ0v) is 22.2. The summed E-state index contributed by atoms with van der Waals surface area (Å²) < 4.78 is 0. The summed E-state index contributed by atoms with van der Waals surface area (Å²) in [5, 5.41) is 3.63. The van der Waals surface area contributed by atoms with Crippen molar-refractivity contribution in [2.24, 2.45) is 51.2 Å². The molecule has 0 aromatic heterocycles. The quantitative estimate of drug-likeness (QED) is 0.479. The Hall–Kier alpha value is -1.64. The van der Waals surface area contributed by atoms with Crippen molar-refractivity contribution in [1.82, 2.24) is 5.32 Å². The molecular weight excluding hydrogens is 418 g/mol. The molecule has 0 saturated heterocycles. The second kappa shape index (κ2) is 7.93. The zero-order chi connectivity index (χ0) is 24.5. The van der Waals surface area contributed by atoms with E-state index in [2.05, 4.69) is 71.2 Å². The first-order valence-corrected chi connectivity index (χ1v) is 13.8. The molecule has 1 unspecified atom stereocenters. The summed E-state index contributed by atoms with van der Waals surface area (Å²) in [5.74, 6) is 3.11. The maximum atomic E-state index is 13.5. The van der Waals surface area contributed by atoms with Crippen LogP contribution in [0.5, 0.6) is 0 Å². The highest BCUT2D eigenvalue weighted by Crippen LogP contribution is 2.73. The number of allylic oxidation sites excluding steroid dienone is 5. The third kappa shape index (κ3) is 3.14. The monoisotopic (exact) mass is 463 g/mol. The van der Waals surface area contributed by atoms with Crippen LogP contribution in [0.15, 0.2) is 36.2 Å². The van der Waals surface area contributed by atoms with Crippen LogP contribution in [-0.2, 0) is 9.59 Å². The molecular formula is C31H45NO2. The third-order valence-electron chi connectivity index (χ3n) is 11.6. The number of rotatable bonds is 2. The van der Waals surface area contributed by atoms with Gasteiger partial charge in [0, 0.05) is 41.0 Å². The topological polar surface area (TPSA) is 46.2 Å². The van der Waals surface area contributed by atoms with Crippen LogP contribution in [0.25, 0.3) is 0 Å². The Kier molecular flexibility index (Phi) is 5.62. The molecule has 5 aliphatic rings. The Morgan fingerprint density at radius 2 is 1.74 bits per heavy atom. The molecule has 4 fully saturated rings. The van der Waals surface area contributed by atoms with E-state index in [1.807, 2.05) is 6.20 Å². The van der Waals surface area contributed by atoms with E-state index >= 15 is 0 Å². The summed E-state index contributed by atoms with van der Waals surface area (Å²) in [5.41, 5.74) is 1.10. The van der Waals surface area contributed by atoms with Crippen LogP contribution in [0.4, 0.5) is 0 Å². The second-order valence-electron chi connectivity index (χ2n) is 13.7. The lowest BCUT2D eigenvalue weighted by Gasteiger charge is -2.67. The van der Waals surface area contributed by atoms with Crippen molar-refractivity contribution < 1.29 is 9.59 Å². The Bertz CT molecular complexity index is 966. The van der Waals surface area contributed by atoms with Crippen LogP contribution in [-0.4, -0.2) is 11.6 Å². The largest absolute Gasteiger partial charge is 0.364 e. The van der Waals surface area contributed by atoms with Gasteiger partial charge in [-0.25, -0.2) is 0 Å². The smallest absolute Gasteiger partial charge is 0.141 e. The first-order chi connectivity index (χ1) is 16.0. The van der Waals surface area contributed by atoms with Crippen LogP contribution >= 0.6 is 0 Å². The van der Waals surface area contributed by atoms with Gasteiger partial charge < -0.3 is 5.32 Å². The first-order valence-electron chi connectivity index (χ1n) is 13.8. The fourth-order valence-electron chi connectivity index (χ4n) is 9.85. The Labute approximate surface area is 206 Å². The Morgan fingerprint density at radius 3 is 2.47 bits per heavy atom. The van der Waals surface area contributed by atoms with Gasteiger partial charge in [0.1, 0.15) is 11.6 Å². The molecule has 3 heteroatoms. The van der Waals surface area contributed by atoms with Gasteiger partial charge in [-0.05, 0) is 85.7 Å². The van der Waals surface area contributed by atoms with E-state index in [0.29, 0.717) is 35.7 Å². The van der Waals surface area contributed by atoms with Crippen molar-refractivity contribution in [3.05, 3.63) is 36.2 Å². The van der Waals surface area contributed by atoms with Gasteiger partial charge >= 0.3 is 0 Å². The fourth-order valence-corrected chi connectivity index (χ4v) is 9.85. The standard InChI is InChI=1S/C31H45NO2/c1-20-25(33)15-17-30(6)23-14-16-29(5)22(11-12-24(29)27(34)28(2,3)4)21(23)13-18-31(20,30)26-10-8-7-9-19-32-26/h7-10,19-24,32H,11-18H2,1-6H3/t20?,21-,22-,23-,24+,29-,30+,31-/m0/s1. The summed E-state index contributed by atoms with van der Waals surface area (Å²) >= 11 is 0. The summed E-state index contributed by atoms with van der Waals surface area (Å²) in [7, 11) is 0. The van der Waals surface area contributed by atoms with Gasteiger partial charge in [0.05, 0.1) is 0 Å². The fraction of sp³-hybridized carbons (Fsp3) is 0.742. The maximum absolute atomic E-state index is 13.5. The highest BCUT2D eigenvalue weighted by atomic mass is 16.1. The van der Waals surface area contributed by atoms with E-state index in [-0.39, 0.29) is 33.5 Å². The van der Waals surface area contributed by atoms with E-state index < -0.39 is 0 Å². The number of carbonyl (C=O) groups is 2. The summed E-state index contributed by atoms with van der Waals surface area (Å²) in [6.07, 6.45) is 19.1. The number of ketones is 2. The summed E-state index contributed by atoms with van der Waals surface area (Å²) in [6, 6.07) is 0. The molecule has 34 heavy (non-hydrogen) atoms. The highest BCUT2D eigenvalue weighted by Gasteiger charge is 2.68. The molecule has 0 aromatic rings. The molecule has 0 spiro atoms. The lowest BCUT2D eigenvalue weighted by Crippen LogP contribution is -2.63. The van der Waals surface area contributed by atoms with Crippen molar-refractivity contribution in [2.45, 2.75) is 92.9 Å². The molecule has 8 atom stereocenters. The minimum absolute atomic E-state index is 0.0398. The summed E-state index contributed by atoms with van der Waals surface area (Å²) in [6.45, 7) is 13.5. The molecule has 0 aromatic carbocycles. The molecule has 0 amide bonds. The van der Waals surface area contributed by atoms with Gasteiger partial charge in [-0.1, -0.05) is 53.7 Å². The second-order valence-corrected chi connectivity index (χ2v) is 13.7. The molecule has 3 nitrogen and oxygen atoms in total. The molecule has 4 saturated carbocycles. The van der Waals surface area contributed by atoms with Crippen molar-refractivity contribution in [3.63, 3.8) is 0 Å². The van der Waals surface area contributed by atoms with Crippen molar-refractivity contribution in [3.8, 4) is 0 Å². The van der Waals surface area contributed by atoms with Gasteiger partial charge in [-0.3, -0.25) is 9.59 Å². The number of Topliss-reactive ketones (excluding diaryl/α,β-unsaturated/α-hetero) is 2. The number of hydrogen-bond donors (Lipinski definition) is 1. The van der Waals surface area contributed by atoms with E-state index in [1.54, 1.807) is 0 Å². The van der Waals surface area contributed by atoms with Crippen LogP contribution in [0.2, 0.25) is 0 Å². The molecule has 4 aliphatic carbocycles. The number of nitrogens with one attached hydrogen (secondary N) is 1.